The Kier molecular flexibility index (Phi) is 6.90. The van der Waals surface area contributed by atoms with Crippen LogP contribution in [-0.4, -0.2) is 23.3 Å². The average Bonchev–Trinajstić information content (AvgIpc) is 2.96. The minimum Gasteiger partial charge on any atom is -0.496 e. The number of ether oxygens (including phenoxy) is 1. The number of aliphatic hydroxyl groups is 1. The molecule has 4 bridgehead atoms. The van der Waals surface area contributed by atoms with Crippen LogP contribution in [0.15, 0.2) is 84.9 Å². The molecule has 4 nitrogen and oxygen atoms in total. The third-order valence-corrected chi connectivity index (χ3v) is 9.25. The molecule has 0 radical (unpaired) electrons. The predicted octanol–water partition coefficient (Wildman–Crippen LogP) is 7.86. The molecule has 0 aliphatic heterocycles. The molecule has 39 heavy (non-hydrogen) atoms. The number of fused-ring (bicyclic) bond motifs is 1. The van der Waals surface area contributed by atoms with Crippen molar-refractivity contribution in [2.75, 3.05) is 7.11 Å². The van der Waals surface area contributed by atoms with E-state index in [1.54, 1.807) is 19.2 Å². The molecule has 0 spiro atoms. The van der Waals surface area contributed by atoms with E-state index in [-0.39, 0.29) is 12.0 Å². The van der Waals surface area contributed by atoms with Gasteiger partial charge in [-0.05, 0) is 119 Å². The Labute approximate surface area is 230 Å². The fraction of sp³-hybridized carbons (Fsp3) is 0.343. The molecule has 4 aromatic rings. The maximum Gasteiger partial charge on any atom is 0.335 e. The molecule has 200 valence electrons. The standard InChI is InChI=1S/C28H28O3.C7H8O/c1-31-26-7-6-23(21-2-3-22-12-24(27(29)30)5-4-20(22)11-21)13-25(26)28-14-17-8-18(15-28)10-19(9-17)16-28;8-6-7-4-2-1-3-5-7/h2-7,11-13,17-19H,8-10,14-16H2,1H3,(H,29,30);1-5,8H,6H2. The number of aromatic carboxylic acids is 1. The molecule has 4 aliphatic rings. The first-order valence-electron chi connectivity index (χ1n) is 14.1. The molecule has 0 atom stereocenters. The summed E-state index contributed by atoms with van der Waals surface area (Å²) in [6, 6.07) is 27.9. The van der Waals surface area contributed by atoms with E-state index in [1.807, 2.05) is 42.5 Å². The first kappa shape index (κ1) is 25.6. The van der Waals surface area contributed by atoms with Gasteiger partial charge in [0.05, 0.1) is 19.3 Å². The molecule has 0 aromatic heterocycles. The summed E-state index contributed by atoms with van der Waals surface area (Å²) < 4.78 is 5.88. The van der Waals surface area contributed by atoms with Crippen molar-refractivity contribution in [3.05, 3.63) is 102 Å². The summed E-state index contributed by atoms with van der Waals surface area (Å²) in [6.45, 7) is 0.140. The van der Waals surface area contributed by atoms with Gasteiger partial charge in [-0.1, -0.05) is 54.6 Å². The summed E-state index contributed by atoms with van der Waals surface area (Å²) in [7, 11) is 1.80. The van der Waals surface area contributed by atoms with Crippen LogP contribution >= 0.6 is 0 Å². The number of hydrogen-bond acceptors (Lipinski definition) is 3. The lowest BCUT2D eigenvalue weighted by atomic mass is 9.48. The van der Waals surface area contributed by atoms with Gasteiger partial charge in [0.1, 0.15) is 5.75 Å². The van der Waals surface area contributed by atoms with Crippen LogP contribution in [0.1, 0.15) is 60.0 Å². The second-order valence-electron chi connectivity index (χ2n) is 11.8. The summed E-state index contributed by atoms with van der Waals surface area (Å²) >= 11 is 0. The molecule has 8 rings (SSSR count). The van der Waals surface area contributed by atoms with Crippen LogP contribution in [0.25, 0.3) is 21.9 Å². The van der Waals surface area contributed by atoms with Gasteiger partial charge in [-0.2, -0.15) is 0 Å². The Hall–Kier alpha value is -3.63. The Morgan fingerprint density at radius 2 is 1.38 bits per heavy atom. The predicted molar refractivity (Wildman–Crippen MR) is 155 cm³/mol. The highest BCUT2D eigenvalue weighted by Crippen LogP contribution is 2.62. The summed E-state index contributed by atoms with van der Waals surface area (Å²) in [5.74, 6) is 2.83. The van der Waals surface area contributed by atoms with Crippen molar-refractivity contribution in [2.24, 2.45) is 17.8 Å². The number of carboxylic acids is 1. The second kappa shape index (κ2) is 10.5. The fourth-order valence-corrected chi connectivity index (χ4v) is 7.88. The van der Waals surface area contributed by atoms with E-state index in [0.717, 1.165) is 39.8 Å². The molecular formula is C35H36O4. The van der Waals surface area contributed by atoms with Crippen LogP contribution in [0.3, 0.4) is 0 Å². The molecular weight excluding hydrogens is 484 g/mol. The number of methoxy groups -OCH3 is 1. The Morgan fingerprint density at radius 1 is 0.795 bits per heavy atom. The average molecular weight is 521 g/mol. The van der Waals surface area contributed by atoms with Gasteiger partial charge >= 0.3 is 5.97 Å². The molecule has 4 heteroatoms. The van der Waals surface area contributed by atoms with Gasteiger partial charge in [-0.15, -0.1) is 0 Å². The Morgan fingerprint density at radius 3 is 1.97 bits per heavy atom. The van der Waals surface area contributed by atoms with E-state index < -0.39 is 5.97 Å². The maximum atomic E-state index is 11.3. The lowest BCUT2D eigenvalue weighted by molar-refractivity contribution is -0.00613. The zero-order valence-electron chi connectivity index (χ0n) is 22.5. The second-order valence-corrected chi connectivity index (χ2v) is 11.8. The van der Waals surface area contributed by atoms with Crippen molar-refractivity contribution >= 4 is 16.7 Å². The third-order valence-electron chi connectivity index (χ3n) is 9.25. The van der Waals surface area contributed by atoms with Crippen LogP contribution in [0.2, 0.25) is 0 Å². The van der Waals surface area contributed by atoms with Gasteiger partial charge in [0, 0.05) is 5.56 Å². The van der Waals surface area contributed by atoms with Crippen LogP contribution < -0.4 is 4.74 Å². The van der Waals surface area contributed by atoms with Crippen LogP contribution in [-0.2, 0) is 12.0 Å². The van der Waals surface area contributed by atoms with Gasteiger partial charge in [0.2, 0.25) is 0 Å². The molecule has 4 aliphatic carbocycles. The smallest absolute Gasteiger partial charge is 0.335 e. The molecule has 4 fully saturated rings. The maximum absolute atomic E-state index is 11.3. The molecule has 0 unspecified atom stereocenters. The zero-order chi connectivity index (χ0) is 27.0. The highest BCUT2D eigenvalue weighted by atomic mass is 16.5. The summed E-state index contributed by atoms with van der Waals surface area (Å²) in [4.78, 5) is 11.3. The van der Waals surface area contributed by atoms with Gasteiger partial charge < -0.3 is 14.9 Å². The van der Waals surface area contributed by atoms with E-state index in [9.17, 15) is 9.90 Å². The first-order valence-corrected chi connectivity index (χ1v) is 14.1. The molecule has 0 heterocycles. The van der Waals surface area contributed by atoms with Crippen molar-refractivity contribution in [1.29, 1.82) is 0 Å². The van der Waals surface area contributed by atoms with Crippen molar-refractivity contribution in [3.8, 4) is 16.9 Å². The third kappa shape index (κ3) is 5.06. The van der Waals surface area contributed by atoms with E-state index >= 15 is 0 Å². The molecule has 4 saturated carbocycles. The van der Waals surface area contributed by atoms with E-state index in [0.29, 0.717) is 5.56 Å². The lowest BCUT2D eigenvalue weighted by Gasteiger charge is -2.57. The van der Waals surface area contributed by atoms with Crippen molar-refractivity contribution < 1.29 is 19.7 Å². The number of rotatable bonds is 5. The van der Waals surface area contributed by atoms with E-state index in [1.165, 1.54) is 55.2 Å². The van der Waals surface area contributed by atoms with Gasteiger partial charge in [-0.25, -0.2) is 4.79 Å². The first-order chi connectivity index (χ1) is 19.0. The van der Waals surface area contributed by atoms with E-state index in [4.69, 9.17) is 9.84 Å². The summed E-state index contributed by atoms with van der Waals surface area (Å²) in [5, 5.41) is 19.8. The van der Waals surface area contributed by atoms with Crippen LogP contribution in [0, 0.1) is 17.8 Å². The van der Waals surface area contributed by atoms with Crippen molar-refractivity contribution in [2.45, 2.75) is 50.5 Å². The fourth-order valence-electron chi connectivity index (χ4n) is 7.88. The molecule has 0 amide bonds. The number of carbonyl (C=O) groups is 1. The minimum absolute atomic E-state index is 0.140. The van der Waals surface area contributed by atoms with Crippen molar-refractivity contribution in [3.63, 3.8) is 0 Å². The van der Waals surface area contributed by atoms with Crippen molar-refractivity contribution in [1.82, 2.24) is 0 Å². The minimum atomic E-state index is -0.888. The van der Waals surface area contributed by atoms with Gasteiger partial charge in [-0.3, -0.25) is 0 Å². The Balaban J connectivity index is 0.000000299. The number of benzene rings is 4. The lowest BCUT2D eigenvalue weighted by Crippen LogP contribution is -2.48. The van der Waals surface area contributed by atoms with Gasteiger partial charge in [0.15, 0.2) is 0 Å². The summed E-state index contributed by atoms with van der Waals surface area (Å²) in [6.07, 6.45) is 8.25. The summed E-state index contributed by atoms with van der Waals surface area (Å²) in [5.41, 5.74) is 5.37. The number of hydrogen-bond donors (Lipinski definition) is 2. The van der Waals surface area contributed by atoms with Crippen LogP contribution in [0.5, 0.6) is 5.75 Å². The number of carboxylic acid groups (broad SMARTS) is 1. The molecule has 4 aromatic carbocycles. The number of aliphatic hydroxyl groups excluding tert-OH is 1. The van der Waals surface area contributed by atoms with Crippen LogP contribution in [0.4, 0.5) is 0 Å². The topological polar surface area (TPSA) is 66.8 Å². The molecule has 2 N–H and O–H groups in total. The largest absolute Gasteiger partial charge is 0.496 e. The SMILES string of the molecule is COc1ccc(-c2ccc3cc(C(=O)O)ccc3c2)cc1C12CC3CC(CC(C3)C1)C2.OCc1ccccc1. The highest BCUT2D eigenvalue weighted by Gasteiger charge is 2.52. The Bertz CT molecular complexity index is 1450. The monoisotopic (exact) mass is 520 g/mol. The normalized spacial score (nSPS) is 24.7. The zero-order valence-corrected chi connectivity index (χ0v) is 22.5. The highest BCUT2D eigenvalue weighted by molar-refractivity contribution is 5.95. The van der Waals surface area contributed by atoms with Gasteiger partial charge in [0.25, 0.3) is 0 Å². The van der Waals surface area contributed by atoms with E-state index in [2.05, 4.69) is 30.3 Å². The quantitative estimate of drug-likeness (QED) is 0.281. The molecule has 0 saturated heterocycles.